The predicted octanol–water partition coefficient (Wildman–Crippen LogP) is 1.72. The van der Waals surface area contributed by atoms with Crippen LogP contribution in [0.15, 0.2) is 18.3 Å². The van der Waals surface area contributed by atoms with E-state index in [0.29, 0.717) is 6.04 Å². The van der Waals surface area contributed by atoms with Crippen LogP contribution in [0.4, 0.5) is 5.82 Å². The number of anilines is 1. The Morgan fingerprint density at radius 2 is 2.21 bits per heavy atom. The van der Waals surface area contributed by atoms with Gasteiger partial charge in [0, 0.05) is 38.4 Å². The summed E-state index contributed by atoms with van der Waals surface area (Å²) in [6.45, 7) is 9.61. The van der Waals surface area contributed by atoms with Crippen molar-refractivity contribution in [1.82, 2.24) is 15.2 Å². The molecule has 0 amide bonds. The zero-order chi connectivity index (χ0) is 13.7. The Morgan fingerprint density at radius 1 is 1.37 bits per heavy atom. The fraction of sp³-hybridized carbons (Fsp3) is 0.667. The molecule has 1 saturated heterocycles. The molecule has 2 heterocycles. The molecule has 1 unspecified atom stereocenters. The first-order valence-electron chi connectivity index (χ1n) is 7.35. The van der Waals surface area contributed by atoms with E-state index >= 15 is 0 Å². The summed E-state index contributed by atoms with van der Waals surface area (Å²) in [6, 6.07) is 4.97. The van der Waals surface area contributed by atoms with Crippen molar-refractivity contribution in [3.8, 4) is 0 Å². The van der Waals surface area contributed by atoms with Crippen molar-refractivity contribution in [3.05, 3.63) is 23.9 Å². The SMILES string of the molecule is CCNCc1ccnc(N2CCN(C)C(CC)C2)c1. The second-order valence-corrected chi connectivity index (χ2v) is 5.29. The molecule has 0 saturated carbocycles. The Kier molecular flexibility index (Phi) is 5.16. The summed E-state index contributed by atoms with van der Waals surface area (Å²) in [5.74, 6) is 1.13. The standard InChI is InChI=1S/C15H26N4/c1-4-14-12-19(9-8-18(14)3)15-10-13(6-7-17-15)11-16-5-2/h6-7,10,14,16H,4-5,8-9,11-12H2,1-3H3. The Bertz CT molecular complexity index is 393. The average molecular weight is 262 g/mol. The molecule has 1 fully saturated rings. The van der Waals surface area contributed by atoms with Crippen LogP contribution in [0.25, 0.3) is 0 Å². The van der Waals surface area contributed by atoms with Gasteiger partial charge in [0.15, 0.2) is 0 Å². The molecule has 0 spiro atoms. The minimum atomic E-state index is 0.646. The van der Waals surface area contributed by atoms with Gasteiger partial charge in [0.25, 0.3) is 0 Å². The van der Waals surface area contributed by atoms with E-state index in [4.69, 9.17) is 0 Å². The van der Waals surface area contributed by atoms with Gasteiger partial charge in [-0.3, -0.25) is 4.90 Å². The third-order valence-electron chi connectivity index (χ3n) is 3.96. The maximum atomic E-state index is 4.54. The van der Waals surface area contributed by atoms with Gasteiger partial charge in [-0.1, -0.05) is 13.8 Å². The average Bonchev–Trinajstić information content (AvgIpc) is 2.46. The van der Waals surface area contributed by atoms with Gasteiger partial charge in [-0.2, -0.15) is 0 Å². The van der Waals surface area contributed by atoms with Crippen molar-refractivity contribution in [2.45, 2.75) is 32.9 Å². The number of nitrogens with one attached hydrogen (secondary N) is 1. The van der Waals surface area contributed by atoms with E-state index < -0.39 is 0 Å². The molecule has 0 aromatic carbocycles. The summed E-state index contributed by atoms with van der Waals surface area (Å²) in [5.41, 5.74) is 1.32. The molecule has 4 nitrogen and oxygen atoms in total. The van der Waals surface area contributed by atoms with E-state index in [9.17, 15) is 0 Å². The quantitative estimate of drug-likeness (QED) is 0.875. The highest BCUT2D eigenvalue weighted by molar-refractivity contribution is 5.41. The highest BCUT2D eigenvalue weighted by Crippen LogP contribution is 2.18. The van der Waals surface area contributed by atoms with Crippen LogP contribution in [0.2, 0.25) is 0 Å². The van der Waals surface area contributed by atoms with Crippen molar-refractivity contribution >= 4 is 5.82 Å². The molecule has 1 aromatic heterocycles. The van der Waals surface area contributed by atoms with E-state index in [1.807, 2.05) is 6.20 Å². The second-order valence-electron chi connectivity index (χ2n) is 5.29. The third kappa shape index (κ3) is 3.67. The van der Waals surface area contributed by atoms with Gasteiger partial charge in [-0.05, 0) is 37.7 Å². The predicted molar refractivity (Wildman–Crippen MR) is 80.5 cm³/mol. The van der Waals surface area contributed by atoms with Crippen molar-refractivity contribution in [2.75, 3.05) is 38.1 Å². The Hall–Kier alpha value is -1.13. The summed E-state index contributed by atoms with van der Waals surface area (Å²) < 4.78 is 0. The van der Waals surface area contributed by atoms with Crippen molar-refractivity contribution in [1.29, 1.82) is 0 Å². The molecule has 1 N–H and O–H groups in total. The molecule has 1 aliphatic heterocycles. The summed E-state index contributed by atoms with van der Waals surface area (Å²) in [7, 11) is 2.22. The molecule has 19 heavy (non-hydrogen) atoms. The highest BCUT2D eigenvalue weighted by Gasteiger charge is 2.23. The monoisotopic (exact) mass is 262 g/mol. The zero-order valence-corrected chi connectivity index (χ0v) is 12.4. The number of nitrogens with zero attached hydrogens (tertiary/aromatic N) is 3. The van der Waals surface area contributed by atoms with Crippen LogP contribution in [0.1, 0.15) is 25.8 Å². The lowest BCUT2D eigenvalue weighted by Gasteiger charge is -2.39. The molecule has 1 aromatic rings. The molecule has 1 aliphatic rings. The molecule has 2 rings (SSSR count). The first-order chi connectivity index (χ1) is 9.24. The maximum absolute atomic E-state index is 4.54. The van der Waals surface area contributed by atoms with Gasteiger partial charge in [0.1, 0.15) is 5.82 Å². The van der Waals surface area contributed by atoms with Gasteiger partial charge in [0.2, 0.25) is 0 Å². The highest BCUT2D eigenvalue weighted by atomic mass is 15.3. The summed E-state index contributed by atoms with van der Waals surface area (Å²) in [4.78, 5) is 9.42. The lowest BCUT2D eigenvalue weighted by atomic mass is 10.1. The van der Waals surface area contributed by atoms with Gasteiger partial charge in [-0.25, -0.2) is 4.98 Å². The van der Waals surface area contributed by atoms with E-state index in [1.165, 1.54) is 12.0 Å². The van der Waals surface area contributed by atoms with Crippen molar-refractivity contribution < 1.29 is 0 Å². The Morgan fingerprint density at radius 3 is 2.95 bits per heavy atom. The molecule has 4 heteroatoms. The van der Waals surface area contributed by atoms with Gasteiger partial charge in [-0.15, -0.1) is 0 Å². The number of rotatable bonds is 5. The van der Waals surface area contributed by atoms with Crippen LogP contribution in [-0.4, -0.2) is 49.2 Å². The normalized spacial score (nSPS) is 20.8. The van der Waals surface area contributed by atoms with Crippen molar-refractivity contribution in [2.24, 2.45) is 0 Å². The van der Waals surface area contributed by atoms with Gasteiger partial charge in [0.05, 0.1) is 0 Å². The van der Waals surface area contributed by atoms with E-state index in [0.717, 1.165) is 38.5 Å². The number of aromatic nitrogens is 1. The van der Waals surface area contributed by atoms with Crippen LogP contribution >= 0.6 is 0 Å². The lowest BCUT2D eigenvalue weighted by Crippen LogP contribution is -2.51. The number of hydrogen-bond donors (Lipinski definition) is 1. The summed E-state index contributed by atoms with van der Waals surface area (Å²) >= 11 is 0. The molecule has 0 radical (unpaired) electrons. The number of likely N-dealkylation sites (N-methyl/N-ethyl adjacent to an activating group) is 1. The number of pyridine rings is 1. The molecule has 106 valence electrons. The minimum absolute atomic E-state index is 0.646. The third-order valence-corrected chi connectivity index (χ3v) is 3.96. The van der Waals surface area contributed by atoms with Crippen LogP contribution in [0, 0.1) is 0 Å². The van der Waals surface area contributed by atoms with Crippen LogP contribution in [0.3, 0.4) is 0 Å². The molecule has 0 aliphatic carbocycles. The molecule has 0 bridgehead atoms. The number of hydrogen-bond acceptors (Lipinski definition) is 4. The smallest absolute Gasteiger partial charge is 0.128 e. The van der Waals surface area contributed by atoms with E-state index in [1.54, 1.807) is 0 Å². The minimum Gasteiger partial charge on any atom is -0.354 e. The zero-order valence-electron chi connectivity index (χ0n) is 12.4. The van der Waals surface area contributed by atoms with Crippen LogP contribution < -0.4 is 10.2 Å². The Balaban J connectivity index is 2.04. The van der Waals surface area contributed by atoms with E-state index in [2.05, 4.69) is 53.1 Å². The van der Waals surface area contributed by atoms with Gasteiger partial charge >= 0.3 is 0 Å². The fourth-order valence-corrected chi connectivity index (χ4v) is 2.61. The largest absolute Gasteiger partial charge is 0.354 e. The van der Waals surface area contributed by atoms with E-state index in [-0.39, 0.29) is 0 Å². The van der Waals surface area contributed by atoms with Crippen molar-refractivity contribution in [3.63, 3.8) is 0 Å². The Labute approximate surface area is 116 Å². The molecular formula is C15H26N4. The maximum Gasteiger partial charge on any atom is 0.128 e. The first-order valence-corrected chi connectivity index (χ1v) is 7.35. The van der Waals surface area contributed by atoms with Crippen LogP contribution in [0.5, 0.6) is 0 Å². The summed E-state index contributed by atoms with van der Waals surface area (Å²) in [6.07, 6.45) is 3.13. The fourth-order valence-electron chi connectivity index (χ4n) is 2.61. The summed E-state index contributed by atoms with van der Waals surface area (Å²) in [5, 5.41) is 3.37. The molecular weight excluding hydrogens is 236 g/mol. The lowest BCUT2D eigenvalue weighted by molar-refractivity contribution is 0.213. The second kappa shape index (κ2) is 6.87. The number of piperazine rings is 1. The topological polar surface area (TPSA) is 31.4 Å². The first kappa shape index (κ1) is 14.3. The molecule has 1 atom stereocenters. The van der Waals surface area contributed by atoms with Gasteiger partial charge < -0.3 is 10.2 Å². The van der Waals surface area contributed by atoms with Crippen LogP contribution in [-0.2, 0) is 6.54 Å².